The Morgan fingerprint density at radius 2 is 2.09 bits per heavy atom. The van der Waals surface area contributed by atoms with Crippen molar-refractivity contribution in [3.8, 4) is 0 Å². The fourth-order valence-electron chi connectivity index (χ4n) is 1.36. The fraction of sp³-hybridized carbons (Fsp3) is 1.00. The lowest BCUT2D eigenvalue weighted by molar-refractivity contribution is -0.201. The smallest absolute Gasteiger partial charge is 0.156 e. The normalized spacial score (nSPS) is 45.8. The van der Waals surface area contributed by atoms with E-state index in [4.69, 9.17) is 9.84 Å². The monoisotopic (exact) mass is 161 g/mol. The quantitative estimate of drug-likeness (QED) is 0.464. The van der Waals surface area contributed by atoms with Gasteiger partial charge < -0.3 is 20.3 Å². The molecule has 0 spiro atoms. The van der Waals surface area contributed by atoms with Crippen molar-refractivity contribution in [2.24, 2.45) is 0 Å². The molecule has 0 aromatic rings. The zero-order valence-corrected chi connectivity index (χ0v) is 6.82. The van der Waals surface area contributed by atoms with Crippen LogP contribution in [0.15, 0.2) is 0 Å². The molecule has 4 atom stereocenters. The summed E-state index contributed by atoms with van der Waals surface area (Å²) < 4.78 is 5.00. The highest BCUT2D eigenvalue weighted by atomic mass is 16.6. The van der Waals surface area contributed by atoms with Crippen molar-refractivity contribution in [3.63, 3.8) is 0 Å². The van der Waals surface area contributed by atoms with Gasteiger partial charge in [-0.1, -0.05) is 0 Å². The number of ether oxygens (including phenoxy) is 1. The molecule has 1 rings (SSSR count). The summed E-state index contributed by atoms with van der Waals surface area (Å²) in [7, 11) is 1.76. The third-order valence-electron chi connectivity index (χ3n) is 2.09. The molecule has 0 bridgehead atoms. The number of nitrogens with one attached hydrogen (secondary N) is 1. The minimum Gasteiger partial charge on any atom is -0.389 e. The Bertz CT molecular complexity index is 131. The van der Waals surface area contributed by atoms with E-state index in [0.717, 1.165) is 0 Å². The summed E-state index contributed by atoms with van der Waals surface area (Å²) in [6, 6.07) is -0.0613. The van der Waals surface area contributed by atoms with E-state index in [9.17, 15) is 5.11 Å². The van der Waals surface area contributed by atoms with Crippen molar-refractivity contribution < 1.29 is 14.9 Å². The molecular weight excluding hydrogens is 146 g/mol. The van der Waals surface area contributed by atoms with Gasteiger partial charge in [0.05, 0.1) is 12.2 Å². The van der Waals surface area contributed by atoms with E-state index in [1.165, 1.54) is 0 Å². The maximum absolute atomic E-state index is 9.46. The van der Waals surface area contributed by atoms with Gasteiger partial charge in [-0.3, -0.25) is 0 Å². The van der Waals surface area contributed by atoms with Gasteiger partial charge in [-0.2, -0.15) is 0 Å². The van der Waals surface area contributed by atoms with E-state index in [1.807, 2.05) is 0 Å². The molecule has 11 heavy (non-hydrogen) atoms. The first-order valence-electron chi connectivity index (χ1n) is 3.84. The lowest BCUT2D eigenvalue weighted by atomic mass is 10.0. The van der Waals surface area contributed by atoms with Crippen LogP contribution in [-0.2, 0) is 4.74 Å². The van der Waals surface area contributed by atoms with E-state index in [-0.39, 0.29) is 12.1 Å². The van der Waals surface area contributed by atoms with Crippen LogP contribution >= 0.6 is 0 Å². The largest absolute Gasteiger partial charge is 0.389 e. The van der Waals surface area contributed by atoms with E-state index >= 15 is 0 Å². The molecule has 0 aromatic carbocycles. The number of hydrogen-bond donors (Lipinski definition) is 3. The summed E-state index contributed by atoms with van der Waals surface area (Å²) in [5.41, 5.74) is 0. The van der Waals surface area contributed by atoms with Crippen LogP contribution in [0.5, 0.6) is 0 Å². The van der Waals surface area contributed by atoms with E-state index < -0.39 is 12.4 Å². The zero-order chi connectivity index (χ0) is 8.43. The van der Waals surface area contributed by atoms with E-state index in [2.05, 4.69) is 5.32 Å². The second-order valence-electron chi connectivity index (χ2n) is 2.92. The highest BCUT2D eigenvalue weighted by Gasteiger charge is 2.33. The van der Waals surface area contributed by atoms with Gasteiger partial charge in [-0.25, -0.2) is 0 Å². The lowest BCUT2D eigenvalue weighted by Gasteiger charge is -2.35. The molecule has 0 unspecified atom stereocenters. The number of aliphatic hydroxyl groups is 2. The molecule has 1 aliphatic heterocycles. The average Bonchev–Trinajstić information content (AvgIpc) is 1.96. The first-order chi connectivity index (χ1) is 5.15. The average molecular weight is 161 g/mol. The van der Waals surface area contributed by atoms with Crippen molar-refractivity contribution in [1.29, 1.82) is 0 Å². The summed E-state index contributed by atoms with van der Waals surface area (Å²) in [4.78, 5) is 0. The predicted molar refractivity (Wildman–Crippen MR) is 40.0 cm³/mol. The van der Waals surface area contributed by atoms with Crippen LogP contribution in [0.25, 0.3) is 0 Å². The number of aliphatic hydroxyl groups excluding tert-OH is 2. The molecule has 0 aliphatic carbocycles. The van der Waals surface area contributed by atoms with Gasteiger partial charge in [0.15, 0.2) is 6.29 Å². The summed E-state index contributed by atoms with van der Waals surface area (Å²) in [5, 5.41) is 21.5. The lowest BCUT2D eigenvalue weighted by Crippen LogP contribution is -2.52. The van der Waals surface area contributed by atoms with Gasteiger partial charge in [0.1, 0.15) is 0 Å². The summed E-state index contributed by atoms with van der Waals surface area (Å²) >= 11 is 0. The van der Waals surface area contributed by atoms with Crippen LogP contribution in [0.2, 0.25) is 0 Å². The van der Waals surface area contributed by atoms with E-state index in [1.54, 1.807) is 14.0 Å². The van der Waals surface area contributed by atoms with Crippen LogP contribution in [0.1, 0.15) is 13.3 Å². The summed E-state index contributed by atoms with van der Waals surface area (Å²) in [5.74, 6) is 0. The van der Waals surface area contributed by atoms with Crippen molar-refractivity contribution in [1.82, 2.24) is 5.32 Å². The van der Waals surface area contributed by atoms with Gasteiger partial charge in [0, 0.05) is 12.5 Å². The van der Waals surface area contributed by atoms with Crippen molar-refractivity contribution in [3.05, 3.63) is 0 Å². The Hall–Kier alpha value is -0.160. The Labute approximate surface area is 66.2 Å². The van der Waals surface area contributed by atoms with Crippen LogP contribution in [0, 0.1) is 0 Å². The topological polar surface area (TPSA) is 61.7 Å². The van der Waals surface area contributed by atoms with Gasteiger partial charge in [0.25, 0.3) is 0 Å². The number of hydrogen-bond acceptors (Lipinski definition) is 4. The molecule has 66 valence electrons. The Balaban J connectivity index is 2.51. The molecule has 1 saturated heterocycles. The number of likely N-dealkylation sites (N-methyl/N-ethyl adjacent to an activating group) is 1. The summed E-state index contributed by atoms with van der Waals surface area (Å²) in [6.07, 6.45) is -1.12. The molecule has 0 aromatic heterocycles. The Morgan fingerprint density at radius 1 is 1.45 bits per heavy atom. The Kier molecular flexibility index (Phi) is 2.84. The van der Waals surface area contributed by atoms with Crippen LogP contribution in [0.3, 0.4) is 0 Å². The van der Waals surface area contributed by atoms with E-state index in [0.29, 0.717) is 6.42 Å². The SMILES string of the molecule is CN[C@H]1C[C@@H](O)O[C@@H](C)[C@H]1O. The second kappa shape index (κ2) is 3.49. The molecule has 4 heteroatoms. The first kappa shape index (κ1) is 8.93. The molecule has 4 nitrogen and oxygen atoms in total. The summed E-state index contributed by atoms with van der Waals surface area (Å²) in [6.45, 7) is 1.75. The van der Waals surface area contributed by atoms with Crippen LogP contribution in [0.4, 0.5) is 0 Å². The minimum atomic E-state index is -0.745. The van der Waals surface area contributed by atoms with Gasteiger partial charge in [-0.05, 0) is 14.0 Å². The molecule has 1 heterocycles. The van der Waals surface area contributed by atoms with Gasteiger partial charge in [0.2, 0.25) is 0 Å². The van der Waals surface area contributed by atoms with Crippen LogP contribution < -0.4 is 5.32 Å². The molecule has 0 saturated carbocycles. The van der Waals surface area contributed by atoms with Gasteiger partial charge in [-0.15, -0.1) is 0 Å². The van der Waals surface area contributed by atoms with Crippen LogP contribution in [-0.4, -0.2) is 41.8 Å². The van der Waals surface area contributed by atoms with Crippen molar-refractivity contribution in [2.75, 3.05) is 7.05 Å². The zero-order valence-electron chi connectivity index (χ0n) is 6.82. The molecule has 1 aliphatic rings. The van der Waals surface area contributed by atoms with Crippen molar-refractivity contribution >= 4 is 0 Å². The van der Waals surface area contributed by atoms with Gasteiger partial charge >= 0.3 is 0 Å². The first-order valence-corrected chi connectivity index (χ1v) is 3.84. The minimum absolute atomic E-state index is 0.0613. The highest BCUT2D eigenvalue weighted by Crippen LogP contribution is 2.17. The highest BCUT2D eigenvalue weighted by molar-refractivity contribution is 4.84. The molecular formula is C7H15NO3. The molecule has 3 N–H and O–H groups in total. The maximum Gasteiger partial charge on any atom is 0.156 e. The third kappa shape index (κ3) is 1.90. The number of rotatable bonds is 1. The Morgan fingerprint density at radius 3 is 2.64 bits per heavy atom. The third-order valence-corrected chi connectivity index (χ3v) is 2.09. The molecule has 1 fully saturated rings. The molecule has 0 radical (unpaired) electrons. The van der Waals surface area contributed by atoms with Crippen molar-refractivity contribution in [2.45, 2.75) is 37.9 Å². The standard InChI is InChI=1S/C7H15NO3/c1-4-7(10)5(8-2)3-6(9)11-4/h4-10H,3H2,1-2H3/t4-,5-,6-,7+/m0/s1. The maximum atomic E-state index is 9.46. The fourth-order valence-corrected chi connectivity index (χ4v) is 1.36. The second-order valence-corrected chi connectivity index (χ2v) is 2.92. The predicted octanol–water partition coefficient (Wildman–Crippen LogP) is -0.938. The molecule has 0 amide bonds.